The van der Waals surface area contributed by atoms with Crippen LogP contribution in [0.15, 0.2) is 43.0 Å². The van der Waals surface area contributed by atoms with Crippen molar-refractivity contribution in [2.75, 3.05) is 11.9 Å². The van der Waals surface area contributed by atoms with E-state index in [-0.39, 0.29) is 29.5 Å². The van der Waals surface area contributed by atoms with E-state index in [2.05, 4.69) is 25.5 Å². The summed E-state index contributed by atoms with van der Waals surface area (Å²) in [5.74, 6) is -0.248. The maximum Gasteiger partial charge on any atom is 0.419 e. The number of fused-ring (bicyclic) bond motifs is 2. The van der Waals surface area contributed by atoms with Gasteiger partial charge in [-0.15, -0.1) is 0 Å². The zero-order chi connectivity index (χ0) is 22.5. The van der Waals surface area contributed by atoms with Gasteiger partial charge in [-0.05, 0) is 30.9 Å². The molecule has 2 aromatic heterocycles. The Morgan fingerprint density at radius 3 is 2.47 bits per heavy atom. The molecule has 4 atom stereocenters. The predicted octanol–water partition coefficient (Wildman–Crippen LogP) is 2.78. The minimum absolute atomic E-state index is 0.0702. The molecule has 3 aromatic rings. The van der Waals surface area contributed by atoms with Crippen molar-refractivity contribution in [1.29, 1.82) is 0 Å². The Morgan fingerprint density at radius 2 is 1.81 bits per heavy atom. The van der Waals surface area contributed by atoms with Crippen LogP contribution in [0, 0.1) is 11.7 Å². The molecular formula is C20H19F4N7O. The van der Waals surface area contributed by atoms with Gasteiger partial charge in [0.1, 0.15) is 12.0 Å². The van der Waals surface area contributed by atoms with E-state index in [4.69, 9.17) is 0 Å². The van der Waals surface area contributed by atoms with Gasteiger partial charge in [-0.25, -0.2) is 14.4 Å². The van der Waals surface area contributed by atoms with Gasteiger partial charge in [0.25, 0.3) is 0 Å². The average molecular weight is 449 g/mol. The molecule has 32 heavy (non-hydrogen) atoms. The second kappa shape index (κ2) is 7.78. The van der Waals surface area contributed by atoms with E-state index in [0.29, 0.717) is 12.2 Å². The molecule has 2 aliphatic rings. The number of alkyl halides is 3. The fourth-order valence-corrected chi connectivity index (χ4v) is 4.68. The van der Waals surface area contributed by atoms with Crippen LogP contribution < -0.4 is 5.32 Å². The molecule has 2 fully saturated rings. The quantitative estimate of drug-likeness (QED) is 0.579. The highest BCUT2D eigenvalue weighted by atomic mass is 19.4. The summed E-state index contributed by atoms with van der Waals surface area (Å²) in [6, 6.07) is 4.05. The van der Waals surface area contributed by atoms with Crippen molar-refractivity contribution in [3.05, 3.63) is 59.9 Å². The molecule has 0 spiro atoms. The largest absolute Gasteiger partial charge is 0.419 e. The number of nitrogens with zero attached hydrogens (tertiary/aromatic N) is 6. The van der Waals surface area contributed by atoms with E-state index in [1.807, 2.05) is 0 Å². The van der Waals surface area contributed by atoms with Gasteiger partial charge >= 0.3 is 6.18 Å². The van der Waals surface area contributed by atoms with Crippen LogP contribution in [0.25, 0.3) is 5.69 Å². The summed E-state index contributed by atoms with van der Waals surface area (Å²) in [7, 11) is 0. The summed E-state index contributed by atoms with van der Waals surface area (Å²) in [6.45, 7) is 0.568. The third-order valence-corrected chi connectivity index (χ3v) is 6.05. The number of nitrogens with one attached hydrogen (secondary N) is 1. The number of hydrogen-bond donors (Lipinski definition) is 2. The topological polar surface area (TPSA) is 92.0 Å². The Labute approximate surface area is 179 Å². The van der Waals surface area contributed by atoms with Crippen LogP contribution in [0.4, 0.5) is 23.5 Å². The van der Waals surface area contributed by atoms with Crippen LogP contribution in [0.5, 0.6) is 0 Å². The number of halogens is 4. The number of rotatable bonds is 5. The van der Waals surface area contributed by atoms with E-state index >= 15 is 0 Å². The standard InChI is InChI=1S/C20H19F4N7O/c21-13-2-1-3-15(31-27-4-5-28-31)17(13)18(32)30-10-11-6-14(16(30)7-11)29-19-25-8-12(9-26-19)20(22,23)24/h1-5,8-9,11,14,16,18,32H,6-7,10H2,(H,25,26,29)/t11?,14-,16?,18+/m0/s1. The lowest BCUT2D eigenvalue weighted by molar-refractivity contribution is -0.138. The molecule has 0 amide bonds. The minimum atomic E-state index is -4.51. The fraction of sp³-hybridized carbons (Fsp3) is 0.400. The van der Waals surface area contributed by atoms with E-state index in [9.17, 15) is 22.7 Å². The van der Waals surface area contributed by atoms with Gasteiger partial charge in [-0.1, -0.05) is 6.07 Å². The van der Waals surface area contributed by atoms with Gasteiger partial charge in [0.15, 0.2) is 0 Å². The van der Waals surface area contributed by atoms with Gasteiger partial charge < -0.3 is 10.4 Å². The lowest BCUT2D eigenvalue weighted by atomic mass is 10.0. The zero-order valence-corrected chi connectivity index (χ0v) is 16.6. The third kappa shape index (κ3) is 3.69. The van der Waals surface area contributed by atoms with Crippen molar-refractivity contribution < 1.29 is 22.7 Å². The number of hydrogen-bond acceptors (Lipinski definition) is 7. The van der Waals surface area contributed by atoms with E-state index in [0.717, 1.165) is 25.2 Å². The van der Waals surface area contributed by atoms with Gasteiger partial charge in [0, 0.05) is 31.0 Å². The average Bonchev–Trinajstić information content (AvgIpc) is 3.50. The van der Waals surface area contributed by atoms with Crippen LogP contribution in [0.2, 0.25) is 0 Å². The molecule has 2 bridgehead atoms. The number of piperidine rings is 1. The Bertz CT molecular complexity index is 1090. The highest BCUT2D eigenvalue weighted by Gasteiger charge is 2.48. The van der Waals surface area contributed by atoms with Gasteiger partial charge in [-0.2, -0.15) is 28.2 Å². The third-order valence-electron chi connectivity index (χ3n) is 6.05. The van der Waals surface area contributed by atoms with Crippen LogP contribution in [0.3, 0.4) is 0 Å². The summed E-state index contributed by atoms with van der Waals surface area (Å²) in [4.78, 5) is 10.6. The first-order valence-electron chi connectivity index (χ1n) is 10.1. The molecule has 1 saturated carbocycles. The van der Waals surface area contributed by atoms with Crippen molar-refractivity contribution in [2.45, 2.75) is 37.3 Å². The molecular weight excluding hydrogens is 430 g/mol. The molecule has 1 aromatic carbocycles. The smallest absolute Gasteiger partial charge is 0.374 e. The van der Waals surface area contributed by atoms with Crippen molar-refractivity contribution >= 4 is 5.95 Å². The maximum atomic E-state index is 14.8. The molecule has 5 rings (SSSR count). The first-order chi connectivity index (χ1) is 15.3. The van der Waals surface area contributed by atoms with Crippen LogP contribution >= 0.6 is 0 Å². The first kappa shape index (κ1) is 20.8. The fourth-order valence-electron chi connectivity index (χ4n) is 4.68. The molecule has 1 aliphatic heterocycles. The van der Waals surface area contributed by atoms with E-state index in [1.54, 1.807) is 11.0 Å². The van der Waals surface area contributed by atoms with Crippen LogP contribution in [0.1, 0.15) is 30.2 Å². The minimum Gasteiger partial charge on any atom is -0.374 e. The molecule has 2 unspecified atom stereocenters. The Hall–Kier alpha value is -3.12. The van der Waals surface area contributed by atoms with Crippen LogP contribution in [-0.4, -0.2) is 53.6 Å². The van der Waals surface area contributed by atoms with Crippen LogP contribution in [-0.2, 0) is 6.18 Å². The molecule has 12 heteroatoms. The molecule has 1 aliphatic carbocycles. The van der Waals surface area contributed by atoms with Gasteiger partial charge in [0.2, 0.25) is 5.95 Å². The lowest BCUT2D eigenvalue weighted by Gasteiger charge is -2.37. The van der Waals surface area contributed by atoms with Crippen molar-refractivity contribution in [2.24, 2.45) is 5.92 Å². The summed E-state index contributed by atoms with van der Waals surface area (Å²) < 4.78 is 53.0. The second-order valence-electron chi connectivity index (χ2n) is 8.01. The lowest BCUT2D eigenvalue weighted by Crippen LogP contribution is -2.47. The zero-order valence-electron chi connectivity index (χ0n) is 16.6. The van der Waals surface area contributed by atoms with Crippen molar-refractivity contribution in [3.8, 4) is 5.69 Å². The molecule has 2 N–H and O–H groups in total. The SMILES string of the molecule is O[C@H](c1c(F)cccc1-n1nccn1)N1CC2CC1[C@@H](Nc1ncc(C(F)(F)F)cn1)C2. The Morgan fingerprint density at radius 1 is 1.09 bits per heavy atom. The number of aliphatic hydroxyl groups is 1. The predicted molar refractivity (Wildman–Crippen MR) is 104 cm³/mol. The number of aromatic nitrogens is 5. The molecule has 168 valence electrons. The number of benzene rings is 1. The summed E-state index contributed by atoms with van der Waals surface area (Å²) in [5.41, 5.74) is -0.519. The second-order valence-corrected chi connectivity index (χ2v) is 8.01. The molecule has 8 nitrogen and oxygen atoms in total. The first-order valence-corrected chi connectivity index (χ1v) is 10.1. The van der Waals surface area contributed by atoms with E-state index in [1.165, 1.54) is 29.3 Å². The summed E-state index contributed by atoms with van der Waals surface area (Å²) >= 11 is 0. The van der Waals surface area contributed by atoms with Crippen molar-refractivity contribution in [3.63, 3.8) is 0 Å². The van der Waals surface area contributed by atoms with Gasteiger partial charge in [-0.3, -0.25) is 4.90 Å². The highest BCUT2D eigenvalue weighted by molar-refractivity contribution is 5.42. The highest BCUT2D eigenvalue weighted by Crippen LogP contribution is 2.43. The van der Waals surface area contributed by atoms with E-state index < -0.39 is 23.8 Å². The van der Waals surface area contributed by atoms with Crippen molar-refractivity contribution in [1.82, 2.24) is 29.9 Å². The molecule has 3 heterocycles. The Balaban J connectivity index is 1.37. The normalized spacial score (nSPS) is 24.1. The van der Waals surface area contributed by atoms with Gasteiger partial charge in [0.05, 0.1) is 29.2 Å². The summed E-state index contributed by atoms with van der Waals surface area (Å²) in [5, 5.41) is 22.3. The molecule has 1 saturated heterocycles. The monoisotopic (exact) mass is 449 g/mol. The maximum absolute atomic E-state index is 14.8. The Kier molecular flexibility index (Phi) is 5.05. The number of aliphatic hydroxyl groups excluding tert-OH is 1. The number of anilines is 1. The summed E-state index contributed by atoms with van der Waals surface area (Å²) in [6.07, 6.45) is 0.154. The molecule has 0 radical (unpaired) electrons. The number of likely N-dealkylation sites (tertiary alicyclic amines) is 1.